The maximum absolute atomic E-state index is 8.33. The number of hydrogen-bond acceptors (Lipinski definition) is 1. The molecule has 0 amide bonds. The van der Waals surface area contributed by atoms with Crippen LogP contribution in [0.4, 0.5) is 0 Å². The van der Waals surface area contributed by atoms with Crippen LogP contribution < -0.4 is 0 Å². The SMILES string of the molecule is [In].[O]=[W].[Zn]. The first-order valence-electron chi connectivity index (χ1n) is 0.167. The fraction of sp³-hybridized carbons (Fsp3) is 0. The van der Waals surface area contributed by atoms with Gasteiger partial charge in [0, 0.05) is 45.3 Å². The first-order valence-corrected chi connectivity index (χ1v) is 1.36. The molecule has 4 heavy (non-hydrogen) atoms. The standard InChI is InChI=1S/In.O.W.Zn. The molecule has 0 aromatic heterocycles. The molecule has 3 radical (unpaired) electrons. The van der Waals surface area contributed by atoms with Gasteiger partial charge in [-0.15, -0.1) is 0 Å². The van der Waals surface area contributed by atoms with Gasteiger partial charge in [0.1, 0.15) is 0 Å². The van der Waals surface area contributed by atoms with Gasteiger partial charge >= 0.3 is 23.2 Å². The van der Waals surface area contributed by atoms with Crippen molar-refractivity contribution in [3.05, 3.63) is 0 Å². The van der Waals surface area contributed by atoms with E-state index in [-0.39, 0.29) is 45.3 Å². The third-order valence-corrected chi connectivity index (χ3v) is 0. The van der Waals surface area contributed by atoms with E-state index >= 15 is 0 Å². The molecule has 0 fully saturated rings. The van der Waals surface area contributed by atoms with E-state index in [0.29, 0.717) is 19.8 Å². The minimum atomic E-state index is 0. The van der Waals surface area contributed by atoms with Gasteiger partial charge in [-0.05, 0) is 0 Å². The van der Waals surface area contributed by atoms with Crippen LogP contribution in [0, 0.1) is 0 Å². The van der Waals surface area contributed by atoms with Gasteiger partial charge in [0.2, 0.25) is 0 Å². The second-order valence-electron chi connectivity index (χ2n) is 0. The Morgan fingerprint density at radius 2 is 1.25 bits per heavy atom. The molecule has 0 aliphatic heterocycles. The van der Waals surface area contributed by atoms with Crippen molar-refractivity contribution < 1.29 is 42.7 Å². The summed E-state index contributed by atoms with van der Waals surface area (Å²) in [5, 5.41) is 0. The van der Waals surface area contributed by atoms with Crippen LogP contribution in [0.2, 0.25) is 0 Å². The van der Waals surface area contributed by atoms with Gasteiger partial charge in [0.25, 0.3) is 0 Å². The van der Waals surface area contributed by atoms with Crippen molar-refractivity contribution in [3.8, 4) is 0 Å². The van der Waals surface area contributed by atoms with Gasteiger partial charge in [-0.25, -0.2) is 0 Å². The molecule has 1 nitrogen and oxygen atoms in total. The Balaban J connectivity index is -0.00000000500. The van der Waals surface area contributed by atoms with Gasteiger partial charge in [-0.2, -0.15) is 0 Å². The largest absolute Gasteiger partial charge is 0 e. The van der Waals surface area contributed by atoms with Gasteiger partial charge in [0.05, 0.1) is 0 Å². The summed E-state index contributed by atoms with van der Waals surface area (Å²) in [6, 6.07) is 0. The maximum Gasteiger partial charge on any atom is 0 e. The molecule has 0 aromatic carbocycles. The zero-order chi connectivity index (χ0) is 2.00. The molecular weight excluding hydrogens is 380 g/mol. The van der Waals surface area contributed by atoms with E-state index < -0.39 is 0 Å². The summed E-state index contributed by atoms with van der Waals surface area (Å²) in [5.74, 6) is 0. The van der Waals surface area contributed by atoms with E-state index in [9.17, 15) is 0 Å². The minimum absolute atomic E-state index is 0. The summed E-state index contributed by atoms with van der Waals surface area (Å²) in [4.78, 5) is 0. The van der Waals surface area contributed by atoms with E-state index in [1.807, 2.05) is 0 Å². The first kappa shape index (κ1) is 16.7. The molecule has 0 heterocycles. The van der Waals surface area contributed by atoms with Crippen molar-refractivity contribution in [3.63, 3.8) is 0 Å². The molecule has 0 N–H and O–H groups in total. The molecule has 0 spiro atoms. The van der Waals surface area contributed by atoms with Crippen LogP contribution in [-0.4, -0.2) is 25.8 Å². The zero-order valence-electron chi connectivity index (χ0n) is 2.10. The second-order valence-corrected chi connectivity index (χ2v) is 0. The van der Waals surface area contributed by atoms with Crippen LogP contribution in [-0.2, 0) is 42.7 Å². The Labute approximate surface area is 67.7 Å². The van der Waals surface area contributed by atoms with Gasteiger partial charge in [0.15, 0.2) is 0 Å². The van der Waals surface area contributed by atoms with Crippen molar-refractivity contribution in [1.29, 1.82) is 0 Å². The fourth-order valence-corrected chi connectivity index (χ4v) is 0. The molecule has 0 aliphatic rings. The summed E-state index contributed by atoms with van der Waals surface area (Å²) in [6.45, 7) is 0. The Morgan fingerprint density at radius 1 is 1.25 bits per heavy atom. The van der Waals surface area contributed by atoms with E-state index in [1.54, 1.807) is 0 Å². The summed E-state index contributed by atoms with van der Waals surface area (Å²) in [6.07, 6.45) is 0. The smallest absolute Gasteiger partial charge is 0 e. The van der Waals surface area contributed by atoms with Crippen molar-refractivity contribution in [2.45, 2.75) is 0 Å². The Kier molecular flexibility index (Phi) is 83.9. The molecule has 4 heteroatoms. The van der Waals surface area contributed by atoms with Gasteiger partial charge < -0.3 is 0 Å². The summed E-state index contributed by atoms with van der Waals surface area (Å²) in [5.41, 5.74) is 0. The molecule has 0 rings (SSSR count). The van der Waals surface area contributed by atoms with Crippen molar-refractivity contribution in [1.82, 2.24) is 0 Å². The molecule has 0 atom stereocenters. The average molecular weight is 380 g/mol. The van der Waals surface area contributed by atoms with E-state index in [2.05, 4.69) is 0 Å². The van der Waals surface area contributed by atoms with Crippen LogP contribution in [0.15, 0.2) is 0 Å². The van der Waals surface area contributed by atoms with E-state index in [1.165, 1.54) is 0 Å². The average Bonchev–Trinajstić information content (AvgIpc) is 1.00. The Hall–Kier alpha value is 1.98. The van der Waals surface area contributed by atoms with E-state index in [0.717, 1.165) is 0 Å². The van der Waals surface area contributed by atoms with Crippen LogP contribution in [0.3, 0.4) is 0 Å². The van der Waals surface area contributed by atoms with Crippen molar-refractivity contribution in [2.24, 2.45) is 0 Å². The Morgan fingerprint density at radius 3 is 1.25 bits per heavy atom. The molecule has 0 saturated heterocycles. The van der Waals surface area contributed by atoms with Gasteiger partial charge in [-0.3, -0.25) is 0 Å². The van der Waals surface area contributed by atoms with Crippen molar-refractivity contribution in [2.75, 3.05) is 0 Å². The topological polar surface area (TPSA) is 17.1 Å². The van der Waals surface area contributed by atoms with Crippen LogP contribution >= 0.6 is 0 Å². The van der Waals surface area contributed by atoms with Crippen LogP contribution in [0.1, 0.15) is 0 Å². The van der Waals surface area contributed by atoms with Crippen molar-refractivity contribution >= 4 is 25.8 Å². The third-order valence-electron chi connectivity index (χ3n) is 0. The summed E-state index contributed by atoms with van der Waals surface area (Å²) in [7, 11) is 0. The third kappa shape index (κ3) is 9.01. The maximum atomic E-state index is 8.33. The predicted octanol–water partition coefficient (Wildman–Crippen LogP) is -0.505. The normalized spacial score (nSPS) is 1.00. The minimum Gasteiger partial charge on any atom is 0 e. The van der Waals surface area contributed by atoms with Crippen LogP contribution in [0.5, 0.6) is 0 Å². The number of rotatable bonds is 0. The van der Waals surface area contributed by atoms with Gasteiger partial charge in [-0.1, -0.05) is 0 Å². The molecule has 0 aromatic rings. The molecular formula is InOWZn. The zero-order valence-corrected chi connectivity index (χ0v) is 11.3. The first-order chi connectivity index (χ1) is 1.00. The Bertz CT molecular complexity index is 8.00. The number of hydrogen-bond donors (Lipinski definition) is 0. The molecule has 0 unspecified atom stereocenters. The molecule has 17 valence electrons. The quantitative estimate of drug-likeness (QED) is 0.518. The van der Waals surface area contributed by atoms with Crippen LogP contribution in [0.25, 0.3) is 0 Å². The predicted molar refractivity (Wildman–Crippen MR) is 6.44 cm³/mol. The summed E-state index contributed by atoms with van der Waals surface area (Å²) >= 11 is 0.333. The van der Waals surface area contributed by atoms with E-state index in [4.69, 9.17) is 3.40 Å². The molecule has 0 bridgehead atoms. The monoisotopic (exact) mass is 379 g/mol. The molecule has 0 saturated carbocycles. The molecule has 0 aliphatic carbocycles. The fourth-order valence-electron chi connectivity index (χ4n) is 0. The summed E-state index contributed by atoms with van der Waals surface area (Å²) < 4.78 is 8.33. The second kappa shape index (κ2) is 20.1.